The highest BCUT2D eigenvalue weighted by Crippen LogP contribution is 2.27. The van der Waals surface area contributed by atoms with Crippen LogP contribution in [-0.2, 0) is 6.54 Å². The van der Waals surface area contributed by atoms with Crippen molar-refractivity contribution in [1.82, 2.24) is 10.3 Å². The van der Waals surface area contributed by atoms with E-state index in [1.807, 2.05) is 36.4 Å². The summed E-state index contributed by atoms with van der Waals surface area (Å²) in [6, 6.07) is 12.0. The van der Waals surface area contributed by atoms with Gasteiger partial charge >= 0.3 is 0 Å². The van der Waals surface area contributed by atoms with E-state index in [1.54, 1.807) is 6.20 Å². The summed E-state index contributed by atoms with van der Waals surface area (Å²) in [4.78, 5) is 15.6. The number of nitrogens with zero attached hydrogens (tertiary/aromatic N) is 1. The van der Waals surface area contributed by atoms with Gasteiger partial charge in [0.15, 0.2) is 0 Å². The Kier molecular flexibility index (Phi) is 1.96. The number of pyridine rings is 1. The van der Waals surface area contributed by atoms with Crippen LogP contribution in [0.25, 0.3) is 11.1 Å². The number of carbonyl (C=O) groups excluding carboxylic acids is 1. The van der Waals surface area contributed by atoms with Gasteiger partial charge in [-0.2, -0.15) is 0 Å². The normalized spacial score (nSPS) is 13.4. The molecule has 2 aromatic rings. The van der Waals surface area contributed by atoms with Crippen LogP contribution in [-0.4, -0.2) is 10.9 Å². The molecule has 1 aliphatic heterocycles. The molecule has 2 heterocycles. The average Bonchev–Trinajstić information content (AvgIpc) is 2.73. The van der Waals surface area contributed by atoms with E-state index in [2.05, 4.69) is 10.3 Å². The Morgan fingerprint density at radius 3 is 2.75 bits per heavy atom. The number of hydrogen-bond donors (Lipinski definition) is 1. The Bertz CT molecular complexity index is 549. The number of hydrogen-bond acceptors (Lipinski definition) is 2. The molecule has 1 aromatic carbocycles. The van der Waals surface area contributed by atoms with Crippen molar-refractivity contribution in [1.29, 1.82) is 0 Å². The molecule has 1 N–H and O–H groups in total. The van der Waals surface area contributed by atoms with Crippen molar-refractivity contribution < 1.29 is 4.79 Å². The third-order valence-electron chi connectivity index (χ3n) is 2.78. The zero-order chi connectivity index (χ0) is 11.0. The summed E-state index contributed by atoms with van der Waals surface area (Å²) in [6.45, 7) is 0.576. The van der Waals surface area contributed by atoms with Crippen molar-refractivity contribution in [2.75, 3.05) is 0 Å². The lowest BCUT2D eigenvalue weighted by Crippen LogP contribution is -2.13. The summed E-state index contributed by atoms with van der Waals surface area (Å²) in [6.07, 6.45) is 1.69. The van der Waals surface area contributed by atoms with E-state index in [-0.39, 0.29) is 5.91 Å². The highest BCUT2D eigenvalue weighted by molar-refractivity contribution is 5.98. The quantitative estimate of drug-likeness (QED) is 0.782. The van der Waals surface area contributed by atoms with Crippen LogP contribution in [0.4, 0.5) is 0 Å². The summed E-state index contributed by atoms with van der Waals surface area (Å²) in [5.74, 6) is -0.0761. The van der Waals surface area contributed by atoms with Crippen molar-refractivity contribution in [3.8, 4) is 11.1 Å². The van der Waals surface area contributed by atoms with Crippen LogP contribution in [0.3, 0.4) is 0 Å². The van der Waals surface area contributed by atoms with Crippen molar-refractivity contribution in [3.63, 3.8) is 0 Å². The molecule has 0 atom stereocenters. The second kappa shape index (κ2) is 3.45. The minimum Gasteiger partial charge on any atom is -0.347 e. The zero-order valence-corrected chi connectivity index (χ0v) is 8.60. The number of amides is 1. The third kappa shape index (κ3) is 1.29. The van der Waals surface area contributed by atoms with Crippen LogP contribution in [0.2, 0.25) is 0 Å². The fourth-order valence-corrected chi connectivity index (χ4v) is 2.01. The zero-order valence-electron chi connectivity index (χ0n) is 8.60. The molecule has 3 nitrogen and oxygen atoms in total. The molecule has 1 amide bonds. The summed E-state index contributed by atoms with van der Waals surface area (Å²) in [5.41, 5.74) is 3.77. The van der Waals surface area contributed by atoms with Gasteiger partial charge in [0.2, 0.25) is 0 Å². The Morgan fingerprint density at radius 1 is 1.12 bits per heavy atom. The Morgan fingerprint density at radius 2 is 1.94 bits per heavy atom. The number of nitrogens with one attached hydrogen (secondary N) is 1. The predicted molar refractivity (Wildman–Crippen MR) is 60.8 cm³/mol. The molecular formula is C13H10N2O. The Hall–Kier alpha value is -2.16. The molecule has 0 saturated heterocycles. The first-order valence-electron chi connectivity index (χ1n) is 5.18. The summed E-state index contributed by atoms with van der Waals surface area (Å²) < 4.78 is 0. The van der Waals surface area contributed by atoms with E-state index in [0.29, 0.717) is 12.2 Å². The Labute approximate surface area is 93.1 Å². The maximum atomic E-state index is 11.5. The van der Waals surface area contributed by atoms with E-state index in [0.717, 1.165) is 16.7 Å². The van der Waals surface area contributed by atoms with Crippen LogP contribution in [0.1, 0.15) is 16.1 Å². The Balaban J connectivity index is 2.20. The van der Waals surface area contributed by atoms with E-state index in [9.17, 15) is 4.79 Å². The summed E-state index contributed by atoms with van der Waals surface area (Å²) in [5, 5.41) is 2.79. The number of benzene rings is 1. The van der Waals surface area contributed by atoms with E-state index >= 15 is 0 Å². The van der Waals surface area contributed by atoms with Gasteiger partial charge in [-0.3, -0.25) is 9.78 Å². The van der Waals surface area contributed by atoms with Gasteiger partial charge in [0.05, 0.1) is 0 Å². The van der Waals surface area contributed by atoms with Gasteiger partial charge in [0, 0.05) is 18.3 Å². The summed E-state index contributed by atoms with van der Waals surface area (Å²) in [7, 11) is 0. The van der Waals surface area contributed by atoms with Gasteiger partial charge in [0.25, 0.3) is 5.91 Å². The molecule has 16 heavy (non-hydrogen) atoms. The summed E-state index contributed by atoms with van der Waals surface area (Å²) >= 11 is 0. The molecule has 0 radical (unpaired) electrons. The fourth-order valence-electron chi connectivity index (χ4n) is 2.01. The minimum absolute atomic E-state index is 0.0761. The molecule has 0 bridgehead atoms. The van der Waals surface area contributed by atoms with Crippen LogP contribution >= 0.6 is 0 Å². The van der Waals surface area contributed by atoms with E-state index in [1.165, 1.54) is 0 Å². The second-order valence-corrected chi connectivity index (χ2v) is 3.73. The number of rotatable bonds is 1. The number of carbonyl (C=O) groups is 1. The smallest absolute Gasteiger partial charge is 0.270 e. The van der Waals surface area contributed by atoms with Gasteiger partial charge in [-0.05, 0) is 17.2 Å². The monoisotopic (exact) mass is 210 g/mol. The number of fused-ring (bicyclic) bond motifs is 1. The molecule has 78 valence electrons. The second-order valence-electron chi connectivity index (χ2n) is 3.73. The average molecular weight is 210 g/mol. The predicted octanol–water partition coefficient (Wildman–Crippen LogP) is 1.99. The van der Waals surface area contributed by atoms with Crippen LogP contribution in [0.15, 0.2) is 42.6 Å². The van der Waals surface area contributed by atoms with Crippen molar-refractivity contribution >= 4 is 5.91 Å². The standard InChI is InChI=1S/C13H10N2O/c16-13-12-11(8-15-13)10(6-7-14-12)9-4-2-1-3-5-9/h1-7H,8H2,(H,15,16). The lowest BCUT2D eigenvalue weighted by Gasteiger charge is -2.05. The minimum atomic E-state index is -0.0761. The molecule has 1 aromatic heterocycles. The topological polar surface area (TPSA) is 42.0 Å². The van der Waals surface area contributed by atoms with Gasteiger partial charge in [-0.25, -0.2) is 0 Å². The molecule has 0 unspecified atom stereocenters. The first-order chi connectivity index (χ1) is 7.86. The lowest BCUT2D eigenvalue weighted by molar-refractivity contribution is 0.0961. The number of aromatic nitrogens is 1. The molecule has 0 spiro atoms. The maximum absolute atomic E-state index is 11.5. The van der Waals surface area contributed by atoms with Crippen molar-refractivity contribution in [2.24, 2.45) is 0 Å². The molecule has 0 saturated carbocycles. The van der Waals surface area contributed by atoms with Gasteiger partial charge in [0.1, 0.15) is 5.69 Å². The molecule has 0 aliphatic carbocycles. The molecule has 1 aliphatic rings. The van der Waals surface area contributed by atoms with Gasteiger partial charge < -0.3 is 5.32 Å². The van der Waals surface area contributed by atoms with Crippen LogP contribution < -0.4 is 5.32 Å². The van der Waals surface area contributed by atoms with Crippen molar-refractivity contribution in [2.45, 2.75) is 6.54 Å². The van der Waals surface area contributed by atoms with E-state index < -0.39 is 0 Å². The van der Waals surface area contributed by atoms with Crippen LogP contribution in [0.5, 0.6) is 0 Å². The highest BCUT2D eigenvalue weighted by Gasteiger charge is 2.23. The van der Waals surface area contributed by atoms with Gasteiger partial charge in [-0.15, -0.1) is 0 Å². The molecule has 0 fully saturated rings. The first-order valence-corrected chi connectivity index (χ1v) is 5.18. The first kappa shape index (κ1) is 9.09. The molecular weight excluding hydrogens is 200 g/mol. The highest BCUT2D eigenvalue weighted by atomic mass is 16.2. The fraction of sp³-hybridized carbons (Fsp3) is 0.0769. The molecule has 3 heteroatoms. The third-order valence-corrected chi connectivity index (χ3v) is 2.78. The van der Waals surface area contributed by atoms with Crippen LogP contribution in [0, 0.1) is 0 Å². The maximum Gasteiger partial charge on any atom is 0.270 e. The SMILES string of the molecule is O=C1NCc2c(-c3ccccc3)ccnc21. The van der Waals surface area contributed by atoms with Gasteiger partial charge in [-0.1, -0.05) is 30.3 Å². The van der Waals surface area contributed by atoms with Crippen molar-refractivity contribution in [3.05, 3.63) is 53.9 Å². The molecule has 3 rings (SSSR count). The lowest BCUT2D eigenvalue weighted by atomic mass is 10.0. The van der Waals surface area contributed by atoms with E-state index in [4.69, 9.17) is 0 Å². The largest absolute Gasteiger partial charge is 0.347 e.